The molecule has 1 aliphatic rings. The fourth-order valence-electron chi connectivity index (χ4n) is 0.689. The van der Waals surface area contributed by atoms with Crippen LogP contribution in [-0.4, -0.2) is 23.8 Å². The molecule has 9 heavy (non-hydrogen) atoms. The maximum absolute atomic E-state index is 10.2. The summed E-state index contributed by atoms with van der Waals surface area (Å²) in [7, 11) is 0. The zero-order chi connectivity index (χ0) is 6.69. The average Bonchev–Trinajstić information content (AvgIpc) is 1.90. The molecule has 0 aromatic heterocycles. The van der Waals surface area contributed by atoms with E-state index < -0.39 is 5.97 Å². The van der Waals surface area contributed by atoms with Crippen molar-refractivity contribution in [2.24, 2.45) is 11.0 Å². The minimum absolute atomic E-state index is 0.383. The topological polar surface area (TPSA) is 61.7 Å². The second kappa shape index (κ2) is 2.48. The Kier molecular flexibility index (Phi) is 1.67. The molecule has 1 heterocycles. The molecule has 0 amide bonds. The molecule has 2 N–H and O–H groups in total. The Labute approximate surface area is 52.6 Å². The van der Waals surface area contributed by atoms with E-state index in [0.29, 0.717) is 13.0 Å². The van der Waals surface area contributed by atoms with Crippen molar-refractivity contribution in [1.82, 2.24) is 5.43 Å². The molecule has 1 rings (SSSR count). The molecule has 50 valence electrons. The van der Waals surface area contributed by atoms with E-state index in [0.717, 1.165) is 0 Å². The normalized spacial score (nSPS) is 25.1. The van der Waals surface area contributed by atoms with E-state index in [1.165, 1.54) is 6.21 Å². The smallest absolute Gasteiger partial charge is 0.312 e. The van der Waals surface area contributed by atoms with Crippen LogP contribution < -0.4 is 5.43 Å². The summed E-state index contributed by atoms with van der Waals surface area (Å²) in [4.78, 5) is 10.2. The van der Waals surface area contributed by atoms with Crippen LogP contribution in [0.2, 0.25) is 0 Å². The molecular formula is C5H8N2O2. The van der Waals surface area contributed by atoms with Gasteiger partial charge < -0.3 is 10.5 Å². The summed E-state index contributed by atoms with van der Waals surface area (Å²) >= 11 is 0. The van der Waals surface area contributed by atoms with Gasteiger partial charge in [0.15, 0.2) is 0 Å². The van der Waals surface area contributed by atoms with Gasteiger partial charge in [-0.25, -0.2) is 0 Å². The van der Waals surface area contributed by atoms with Crippen molar-refractivity contribution in [1.29, 1.82) is 0 Å². The molecule has 0 aromatic carbocycles. The standard InChI is InChI=1S/C5H8N2O2/c8-5(9)4-1-2-6-7-3-4/h3-4,6H,1-2H2,(H,8,9). The molecule has 0 fully saturated rings. The second-order valence-electron chi connectivity index (χ2n) is 1.92. The van der Waals surface area contributed by atoms with Crippen molar-refractivity contribution in [3.05, 3.63) is 0 Å². The Balaban J connectivity index is 2.50. The predicted octanol–water partition coefficient (Wildman–Crippen LogP) is -0.334. The van der Waals surface area contributed by atoms with Crippen molar-refractivity contribution in [3.8, 4) is 0 Å². The summed E-state index contributed by atoms with van der Waals surface area (Å²) in [5, 5.41) is 12.0. The minimum atomic E-state index is -0.791. The number of hydrogen-bond acceptors (Lipinski definition) is 3. The molecule has 1 unspecified atom stereocenters. The molecule has 0 aliphatic carbocycles. The van der Waals surface area contributed by atoms with Gasteiger partial charge >= 0.3 is 5.97 Å². The Hall–Kier alpha value is -1.06. The van der Waals surface area contributed by atoms with Gasteiger partial charge in [-0.3, -0.25) is 4.79 Å². The highest BCUT2D eigenvalue weighted by Gasteiger charge is 2.15. The van der Waals surface area contributed by atoms with E-state index in [-0.39, 0.29) is 5.92 Å². The van der Waals surface area contributed by atoms with Gasteiger partial charge in [-0.05, 0) is 6.42 Å². The first-order valence-corrected chi connectivity index (χ1v) is 2.79. The van der Waals surface area contributed by atoms with Crippen molar-refractivity contribution in [2.45, 2.75) is 6.42 Å². The van der Waals surface area contributed by atoms with Gasteiger partial charge in [-0.15, -0.1) is 0 Å². The van der Waals surface area contributed by atoms with Crippen LogP contribution in [0.15, 0.2) is 5.10 Å². The summed E-state index contributed by atoms with van der Waals surface area (Å²) in [5.41, 5.74) is 2.68. The van der Waals surface area contributed by atoms with Crippen molar-refractivity contribution in [2.75, 3.05) is 6.54 Å². The summed E-state index contributed by atoms with van der Waals surface area (Å²) in [5.74, 6) is -1.17. The number of hydrogen-bond donors (Lipinski definition) is 2. The van der Waals surface area contributed by atoms with Gasteiger partial charge in [0.05, 0.1) is 5.92 Å². The van der Waals surface area contributed by atoms with E-state index in [1.54, 1.807) is 0 Å². The first kappa shape index (κ1) is 6.07. The molecule has 4 nitrogen and oxygen atoms in total. The van der Waals surface area contributed by atoms with E-state index in [9.17, 15) is 4.79 Å². The van der Waals surface area contributed by atoms with E-state index in [1.807, 2.05) is 0 Å². The molecule has 1 aliphatic heterocycles. The minimum Gasteiger partial charge on any atom is -0.481 e. The first-order chi connectivity index (χ1) is 4.30. The fourth-order valence-corrected chi connectivity index (χ4v) is 0.689. The third-order valence-corrected chi connectivity index (χ3v) is 1.23. The molecule has 4 heteroatoms. The SMILES string of the molecule is O=C(O)C1C=NNCC1. The number of aliphatic carboxylic acids is 1. The van der Waals surface area contributed by atoms with Crippen LogP contribution in [0.1, 0.15) is 6.42 Å². The Morgan fingerprint density at radius 1 is 1.89 bits per heavy atom. The molecule has 0 radical (unpaired) electrons. The van der Waals surface area contributed by atoms with Crippen LogP contribution >= 0.6 is 0 Å². The van der Waals surface area contributed by atoms with Gasteiger partial charge in [-0.1, -0.05) is 0 Å². The van der Waals surface area contributed by atoms with E-state index >= 15 is 0 Å². The number of carboxylic acids is 1. The summed E-state index contributed by atoms with van der Waals surface area (Å²) in [6.07, 6.45) is 2.06. The highest BCUT2D eigenvalue weighted by atomic mass is 16.4. The number of nitrogens with one attached hydrogen (secondary N) is 1. The first-order valence-electron chi connectivity index (χ1n) is 2.79. The average molecular weight is 128 g/mol. The van der Waals surface area contributed by atoms with Crippen molar-refractivity contribution < 1.29 is 9.90 Å². The number of nitrogens with zero attached hydrogens (tertiary/aromatic N) is 1. The highest BCUT2D eigenvalue weighted by molar-refractivity contribution is 5.88. The van der Waals surface area contributed by atoms with Gasteiger partial charge in [0.25, 0.3) is 0 Å². The Morgan fingerprint density at radius 2 is 2.67 bits per heavy atom. The van der Waals surface area contributed by atoms with Crippen LogP contribution in [0.4, 0.5) is 0 Å². The van der Waals surface area contributed by atoms with Crippen LogP contribution in [0.3, 0.4) is 0 Å². The molecular weight excluding hydrogens is 120 g/mol. The van der Waals surface area contributed by atoms with Crippen molar-refractivity contribution >= 4 is 12.2 Å². The monoisotopic (exact) mass is 128 g/mol. The summed E-state index contributed by atoms with van der Waals surface area (Å²) < 4.78 is 0. The quantitative estimate of drug-likeness (QED) is 0.508. The van der Waals surface area contributed by atoms with Gasteiger partial charge in [-0.2, -0.15) is 5.10 Å². The summed E-state index contributed by atoms with van der Waals surface area (Å²) in [6, 6.07) is 0. The molecule has 0 spiro atoms. The largest absolute Gasteiger partial charge is 0.481 e. The van der Waals surface area contributed by atoms with E-state index in [4.69, 9.17) is 5.11 Å². The third kappa shape index (κ3) is 1.42. The molecule has 0 aromatic rings. The van der Waals surface area contributed by atoms with Gasteiger partial charge in [0, 0.05) is 12.8 Å². The Morgan fingerprint density at radius 3 is 3.00 bits per heavy atom. The molecule has 0 saturated carbocycles. The molecule has 0 bridgehead atoms. The van der Waals surface area contributed by atoms with Crippen LogP contribution in [0, 0.1) is 5.92 Å². The summed E-state index contributed by atoms with van der Waals surface area (Å²) in [6.45, 7) is 0.660. The van der Waals surface area contributed by atoms with Gasteiger partial charge in [0.2, 0.25) is 0 Å². The lowest BCUT2D eigenvalue weighted by Crippen LogP contribution is -2.26. The number of rotatable bonds is 1. The van der Waals surface area contributed by atoms with Crippen LogP contribution in [-0.2, 0) is 4.79 Å². The van der Waals surface area contributed by atoms with Crippen LogP contribution in [0.5, 0.6) is 0 Å². The number of carboxylic acid groups (broad SMARTS) is 1. The lowest BCUT2D eigenvalue weighted by Gasteiger charge is -2.10. The fraction of sp³-hybridized carbons (Fsp3) is 0.600. The predicted molar refractivity (Wildman–Crippen MR) is 32.2 cm³/mol. The zero-order valence-electron chi connectivity index (χ0n) is 4.87. The van der Waals surface area contributed by atoms with E-state index in [2.05, 4.69) is 10.5 Å². The van der Waals surface area contributed by atoms with Crippen molar-refractivity contribution in [3.63, 3.8) is 0 Å². The zero-order valence-corrected chi connectivity index (χ0v) is 4.87. The lowest BCUT2D eigenvalue weighted by atomic mass is 10.1. The molecule has 1 atom stereocenters. The Bertz CT molecular complexity index is 144. The second-order valence-corrected chi connectivity index (χ2v) is 1.92. The highest BCUT2D eigenvalue weighted by Crippen LogP contribution is 2.01. The third-order valence-electron chi connectivity index (χ3n) is 1.23. The number of carbonyl (C=O) groups is 1. The van der Waals surface area contributed by atoms with Crippen LogP contribution in [0.25, 0.3) is 0 Å². The number of hydrazone groups is 1. The maximum Gasteiger partial charge on any atom is 0.312 e. The van der Waals surface area contributed by atoms with Gasteiger partial charge in [0.1, 0.15) is 0 Å². The molecule has 0 saturated heterocycles. The maximum atomic E-state index is 10.2. The lowest BCUT2D eigenvalue weighted by molar-refractivity contribution is -0.139.